The van der Waals surface area contributed by atoms with E-state index in [2.05, 4.69) is 41.8 Å². The largest absolute Gasteiger partial charge is 0.390 e. The maximum Gasteiger partial charge on any atom is 0.251 e. The molecule has 0 bridgehead atoms. The molecule has 0 radical (unpaired) electrons. The molecule has 8 N–H and O–H groups in total. The number of fused-ring (bicyclic) bond motifs is 1. The molecule has 0 spiro atoms. The van der Waals surface area contributed by atoms with Gasteiger partial charge in [-0.2, -0.15) is 0 Å². The first-order valence-corrected chi connectivity index (χ1v) is 36.5. The van der Waals surface area contributed by atoms with E-state index in [4.69, 9.17) is 4.98 Å². The van der Waals surface area contributed by atoms with Crippen LogP contribution in [-0.2, 0) is 59.2 Å². The number of nitrogens with zero attached hydrogens (tertiary/aromatic N) is 9. The minimum Gasteiger partial charge on any atom is -0.390 e. The Labute approximate surface area is 605 Å². The minimum atomic E-state index is -1.76. The average Bonchev–Trinajstić information content (AvgIpc) is 1.15. The van der Waals surface area contributed by atoms with Crippen LogP contribution < -0.4 is 31.9 Å². The van der Waals surface area contributed by atoms with Gasteiger partial charge in [-0.05, 0) is 106 Å². The maximum absolute atomic E-state index is 15.6. The fourth-order valence-corrected chi connectivity index (χ4v) is 13.3. The van der Waals surface area contributed by atoms with Crippen molar-refractivity contribution in [2.45, 2.75) is 216 Å². The summed E-state index contributed by atoms with van der Waals surface area (Å²) in [5.41, 5.74) is 1.45. The summed E-state index contributed by atoms with van der Waals surface area (Å²) >= 11 is 0. The Morgan fingerprint density at radius 1 is 0.549 bits per heavy atom. The van der Waals surface area contributed by atoms with Crippen LogP contribution in [0.3, 0.4) is 0 Å². The van der Waals surface area contributed by atoms with Crippen LogP contribution in [0.1, 0.15) is 159 Å². The summed E-state index contributed by atoms with van der Waals surface area (Å²) in [5.74, 6) is -10.4. The van der Waals surface area contributed by atoms with Crippen molar-refractivity contribution in [2.24, 2.45) is 41.4 Å². The molecule has 2 fully saturated rings. The maximum atomic E-state index is 15.6. The second-order valence-corrected chi connectivity index (χ2v) is 30.8. The number of benzene rings is 1. The number of aliphatic hydroxyl groups excluding tert-OH is 1. The first kappa shape index (κ1) is 86.6. The third kappa shape index (κ3) is 23.4. The molecule has 12 amide bonds. The molecule has 0 unspecified atom stereocenters. The quantitative estimate of drug-likeness (QED) is 0.0998. The summed E-state index contributed by atoms with van der Waals surface area (Å²) in [6.07, 6.45) is -1.22. The van der Waals surface area contributed by atoms with E-state index in [1.165, 1.54) is 87.7 Å². The summed E-state index contributed by atoms with van der Waals surface area (Å²) in [6, 6.07) is -7.82. The van der Waals surface area contributed by atoms with Crippen molar-refractivity contribution in [3.63, 3.8) is 0 Å². The molecule has 2 aliphatic rings. The number of aromatic nitrogens is 2. The Kier molecular flexibility index (Phi) is 33.3. The molecule has 2 aliphatic heterocycles. The lowest BCUT2D eigenvalue weighted by molar-refractivity contribution is -0.157. The van der Waals surface area contributed by atoms with Gasteiger partial charge in [-0.1, -0.05) is 96.9 Å². The lowest BCUT2D eigenvalue weighted by Gasteiger charge is -2.41. The molecule has 574 valence electrons. The van der Waals surface area contributed by atoms with E-state index in [0.717, 1.165) is 36.0 Å². The Hall–Kier alpha value is -7.79. The van der Waals surface area contributed by atoms with Crippen molar-refractivity contribution in [1.82, 2.24) is 81.1 Å². The van der Waals surface area contributed by atoms with Gasteiger partial charge >= 0.3 is 0 Å². The van der Waals surface area contributed by atoms with Crippen molar-refractivity contribution >= 4 is 81.9 Å². The van der Waals surface area contributed by atoms with E-state index < -0.39 is 156 Å². The molecule has 4 rings (SSSR count). The number of carbonyl (C=O) groups is 12. The molecule has 3 heterocycles. The normalized spacial score (nSPS) is 25.4. The topological polar surface area (TPSA) is 352 Å². The number of aromatic amines is 1. The number of piperazine rings is 1. The molecule has 1 aromatic carbocycles. The Morgan fingerprint density at radius 2 is 1.04 bits per heavy atom. The number of imidazole rings is 1. The second-order valence-electron chi connectivity index (χ2n) is 30.8. The highest BCUT2D eigenvalue weighted by Crippen LogP contribution is 2.27. The lowest BCUT2D eigenvalue weighted by Crippen LogP contribution is -2.63. The molecular weight excluding hydrogens is 1310 g/mol. The molecule has 2 aromatic rings. The van der Waals surface area contributed by atoms with E-state index in [0.29, 0.717) is 35.5 Å². The van der Waals surface area contributed by atoms with Crippen molar-refractivity contribution in [3.8, 4) is 0 Å². The number of aliphatic hydroxyl groups is 1. The lowest BCUT2D eigenvalue weighted by atomic mass is 9.91. The fourth-order valence-electron chi connectivity index (χ4n) is 13.3. The van der Waals surface area contributed by atoms with Crippen LogP contribution >= 0.6 is 0 Å². The predicted octanol–water partition coefficient (Wildman–Crippen LogP) is 2.06. The summed E-state index contributed by atoms with van der Waals surface area (Å²) in [5, 5.41) is 30.1. The van der Waals surface area contributed by atoms with E-state index in [9.17, 15) is 43.5 Å². The van der Waals surface area contributed by atoms with Gasteiger partial charge in [0.2, 0.25) is 65.0 Å². The molecule has 29 nitrogen and oxygen atoms in total. The summed E-state index contributed by atoms with van der Waals surface area (Å²) in [6.45, 7) is 32.0. The monoisotopic (exact) mass is 1430 g/mol. The summed E-state index contributed by atoms with van der Waals surface area (Å²) in [7, 11) is 9.83. The highest BCUT2D eigenvalue weighted by Gasteiger charge is 2.46. The van der Waals surface area contributed by atoms with Crippen molar-refractivity contribution in [1.29, 1.82) is 0 Å². The van der Waals surface area contributed by atoms with E-state index >= 15 is 19.2 Å². The highest BCUT2D eigenvalue weighted by atomic mass is 16.3. The first-order chi connectivity index (χ1) is 47.6. The number of hydrogen-bond donors (Lipinski definition) is 8. The highest BCUT2D eigenvalue weighted by molar-refractivity contribution is 6.00. The van der Waals surface area contributed by atoms with Gasteiger partial charge in [-0.3, -0.25) is 62.4 Å². The first-order valence-electron chi connectivity index (χ1n) is 36.5. The van der Waals surface area contributed by atoms with Gasteiger partial charge in [0, 0.05) is 101 Å². The SMILES string of the molecule is CC[C@@H]1NC(=O)[C@H]([C@H](O)[C@H](C)Cc2nc3cc(C(=O)NCCN4CCNCC4)ccc3[nH]2)N(C)C(=O)[C@H](C(C)C)N(C)C(=O)[C@H](CC(C)C)N(C)C(=O)[C@H](CC(C)C)N(C)C(=O)[C@@H](C)NC(=O)[C@H](C)NC(=O)[C@H](CC(C)C)N(C)C(=O)[C@H](C(C)C)NC(=O)[C@H](CC(C)C)N(C)C(=O)CN(C)C1=O. The standard InChI is InChI=1S/C73H124N16O13/c1-24-50-69(98)82(17)39-58(90)83(18)53(33-40(2)3)66(95)81-59(44(10)11)72(101)84(19)54(34-41(4)5)65(94)76-47(15)63(92)77-48(16)68(97)85(20)55(35-42(6)7)70(99)86(21)56(36-43(8)9)71(100)87(22)60(45(12)13)73(102)88(23)61(67(96)80-50)62(91)46(14)37-57-78-51-26-25-49(38-52(51)79-57)64(93)75-29-32-89-30-27-74-28-31-89/h25-26,38,40-48,50,53-56,59-62,74,91H,24,27-37,39H2,1-23H3,(H,75,93)(H,76,94)(H,77,92)(H,78,79)(H,80,96)(H,81,95)/t46-,47+,48-,50+,53+,54+,55+,56+,59+,60+,61+,62-/m1/s1. The number of rotatable bonds is 19. The van der Waals surface area contributed by atoms with Crippen LogP contribution in [0, 0.1) is 41.4 Å². The molecule has 29 heteroatoms. The van der Waals surface area contributed by atoms with Crippen LogP contribution in [0.5, 0.6) is 0 Å². The molecule has 0 aliphatic carbocycles. The zero-order valence-corrected chi connectivity index (χ0v) is 65.2. The third-order valence-corrected chi connectivity index (χ3v) is 19.6. The van der Waals surface area contributed by atoms with Crippen LogP contribution in [-0.4, -0.2) is 287 Å². The van der Waals surface area contributed by atoms with Gasteiger partial charge in [-0.25, -0.2) is 4.98 Å². The molecule has 2 saturated heterocycles. The molecule has 12 atom stereocenters. The predicted molar refractivity (Wildman–Crippen MR) is 390 cm³/mol. The molecule has 1 aromatic heterocycles. The van der Waals surface area contributed by atoms with Crippen molar-refractivity contribution < 1.29 is 62.6 Å². The van der Waals surface area contributed by atoms with Crippen molar-refractivity contribution in [3.05, 3.63) is 29.6 Å². The summed E-state index contributed by atoms with van der Waals surface area (Å²) < 4.78 is 0. The zero-order valence-electron chi connectivity index (χ0n) is 65.2. The number of hydrogen-bond acceptors (Lipinski definition) is 16. The van der Waals surface area contributed by atoms with Gasteiger partial charge in [-0.15, -0.1) is 0 Å². The number of carbonyl (C=O) groups excluding carboxylic acids is 12. The number of H-pyrrole nitrogens is 1. The van der Waals surface area contributed by atoms with Crippen LogP contribution in [0.2, 0.25) is 0 Å². The van der Waals surface area contributed by atoms with E-state index in [1.54, 1.807) is 59.7 Å². The Bertz CT molecular complexity index is 3220. The zero-order chi connectivity index (χ0) is 77.2. The molecule has 0 saturated carbocycles. The van der Waals surface area contributed by atoms with Crippen molar-refractivity contribution in [2.75, 3.05) is 95.1 Å². The van der Waals surface area contributed by atoms with Crippen LogP contribution in [0.4, 0.5) is 0 Å². The Morgan fingerprint density at radius 3 is 1.57 bits per heavy atom. The fraction of sp³-hybridized carbons (Fsp3) is 0.740. The minimum absolute atomic E-state index is 0.00945. The van der Waals surface area contributed by atoms with Gasteiger partial charge in [0.15, 0.2) is 0 Å². The van der Waals surface area contributed by atoms with Crippen LogP contribution in [0.15, 0.2) is 18.2 Å². The van der Waals surface area contributed by atoms with Crippen LogP contribution in [0.25, 0.3) is 11.0 Å². The van der Waals surface area contributed by atoms with Gasteiger partial charge in [0.25, 0.3) is 5.91 Å². The molecule has 102 heavy (non-hydrogen) atoms. The number of amides is 12. The smallest absolute Gasteiger partial charge is 0.251 e. The van der Waals surface area contributed by atoms with Gasteiger partial charge in [0.05, 0.1) is 23.7 Å². The van der Waals surface area contributed by atoms with E-state index in [1.807, 2.05) is 55.4 Å². The average molecular weight is 1430 g/mol. The number of nitrogens with one attached hydrogen (secondary N) is 7. The van der Waals surface area contributed by atoms with E-state index in [-0.39, 0.29) is 68.1 Å². The summed E-state index contributed by atoms with van der Waals surface area (Å²) in [4.78, 5) is 195. The third-order valence-electron chi connectivity index (χ3n) is 19.6. The molecular formula is C73H124N16O13. The van der Waals surface area contributed by atoms with Gasteiger partial charge < -0.3 is 76.3 Å². The van der Waals surface area contributed by atoms with Gasteiger partial charge in [0.1, 0.15) is 66.2 Å². The number of likely N-dealkylation sites (N-methyl/N-ethyl adjacent to an activating group) is 7. The Balaban J connectivity index is 1.88. The second kappa shape index (κ2) is 39.2.